The van der Waals surface area contributed by atoms with Crippen molar-refractivity contribution < 1.29 is 9.90 Å². The number of benzene rings is 1. The zero-order chi connectivity index (χ0) is 16.2. The summed E-state index contributed by atoms with van der Waals surface area (Å²) in [4.78, 5) is 19.8. The number of rotatable bonds is 4. The van der Waals surface area contributed by atoms with Crippen LogP contribution in [-0.2, 0) is 11.3 Å². The van der Waals surface area contributed by atoms with Crippen LogP contribution >= 0.6 is 0 Å². The molecule has 1 fully saturated rings. The summed E-state index contributed by atoms with van der Waals surface area (Å²) in [5.41, 5.74) is 3.23. The summed E-state index contributed by atoms with van der Waals surface area (Å²) in [6.07, 6.45) is 1.79. The maximum Gasteiger partial charge on any atom is 0.322 e. The van der Waals surface area contributed by atoms with Crippen molar-refractivity contribution in [2.24, 2.45) is 0 Å². The van der Waals surface area contributed by atoms with Crippen molar-refractivity contribution in [3.05, 3.63) is 54.2 Å². The van der Waals surface area contributed by atoms with Crippen molar-refractivity contribution in [2.75, 3.05) is 26.7 Å². The molecule has 1 N–H and O–H groups in total. The van der Waals surface area contributed by atoms with Crippen LogP contribution in [0.15, 0.2) is 48.7 Å². The Balaban J connectivity index is 1.72. The van der Waals surface area contributed by atoms with Crippen LogP contribution in [0.5, 0.6) is 0 Å². The van der Waals surface area contributed by atoms with E-state index in [9.17, 15) is 9.90 Å². The van der Waals surface area contributed by atoms with Gasteiger partial charge >= 0.3 is 5.97 Å². The second-order valence-corrected chi connectivity index (χ2v) is 5.99. The Bertz CT molecular complexity index is 675. The Morgan fingerprint density at radius 1 is 1.26 bits per heavy atom. The predicted molar refractivity (Wildman–Crippen MR) is 89.0 cm³/mol. The van der Waals surface area contributed by atoms with E-state index in [0.29, 0.717) is 6.54 Å². The monoisotopic (exact) mass is 311 g/mol. The van der Waals surface area contributed by atoms with Crippen molar-refractivity contribution in [1.82, 2.24) is 14.8 Å². The molecule has 1 aliphatic rings. The lowest BCUT2D eigenvalue weighted by molar-refractivity contribution is -0.145. The van der Waals surface area contributed by atoms with Crippen LogP contribution < -0.4 is 0 Å². The fourth-order valence-electron chi connectivity index (χ4n) is 2.96. The molecule has 0 radical (unpaired) electrons. The molecule has 0 aliphatic carbocycles. The standard InChI is InChI=1S/C18H21N3O2/c1-20-9-10-21(13-17(20)18(22)23)12-14-5-4-6-15(11-14)16-7-2-3-8-19-16/h2-8,11,17H,9-10,12-13H2,1H3,(H,22,23). The van der Waals surface area contributed by atoms with Gasteiger partial charge in [-0.15, -0.1) is 0 Å². The first-order valence-electron chi connectivity index (χ1n) is 7.79. The summed E-state index contributed by atoms with van der Waals surface area (Å²) in [7, 11) is 1.87. The Morgan fingerprint density at radius 2 is 2.13 bits per heavy atom. The van der Waals surface area contributed by atoms with Crippen molar-refractivity contribution in [3.8, 4) is 11.3 Å². The quantitative estimate of drug-likeness (QED) is 0.935. The lowest BCUT2D eigenvalue weighted by Crippen LogP contribution is -2.54. The molecule has 2 aromatic rings. The van der Waals surface area contributed by atoms with Gasteiger partial charge in [0.25, 0.3) is 0 Å². The number of hydrogen-bond acceptors (Lipinski definition) is 4. The van der Waals surface area contributed by atoms with Gasteiger partial charge < -0.3 is 5.11 Å². The van der Waals surface area contributed by atoms with Crippen LogP contribution in [0, 0.1) is 0 Å². The van der Waals surface area contributed by atoms with Crippen LogP contribution in [0.25, 0.3) is 11.3 Å². The number of aromatic nitrogens is 1. The third kappa shape index (κ3) is 3.75. The number of carbonyl (C=O) groups is 1. The van der Waals surface area contributed by atoms with E-state index in [1.165, 1.54) is 5.56 Å². The molecule has 0 spiro atoms. The van der Waals surface area contributed by atoms with E-state index in [4.69, 9.17) is 0 Å². The van der Waals surface area contributed by atoms with E-state index >= 15 is 0 Å². The lowest BCUT2D eigenvalue weighted by Gasteiger charge is -2.37. The number of aliphatic carboxylic acids is 1. The van der Waals surface area contributed by atoms with E-state index < -0.39 is 12.0 Å². The molecule has 5 nitrogen and oxygen atoms in total. The predicted octanol–water partition coefficient (Wildman–Crippen LogP) is 1.95. The lowest BCUT2D eigenvalue weighted by atomic mass is 10.1. The smallest absolute Gasteiger partial charge is 0.322 e. The number of carboxylic acid groups (broad SMARTS) is 1. The fourth-order valence-corrected chi connectivity index (χ4v) is 2.96. The molecule has 0 amide bonds. The molecule has 23 heavy (non-hydrogen) atoms. The van der Waals surface area contributed by atoms with E-state index in [-0.39, 0.29) is 0 Å². The van der Waals surface area contributed by atoms with Crippen molar-refractivity contribution >= 4 is 5.97 Å². The molecule has 1 unspecified atom stereocenters. The number of nitrogens with zero attached hydrogens (tertiary/aromatic N) is 3. The van der Waals surface area contributed by atoms with Gasteiger partial charge in [-0.05, 0) is 30.8 Å². The average Bonchev–Trinajstić information content (AvgIpc) is 2.57. The zero-order valence-electron chi connectivity index (χ0n) is 13.2. The molecule has 3 rings (SSSR count). The summed E-state index contributed by atoms with van der Waals surface area (Å²) in [5, 5.41) is 9.31. The molecular formula is C18H21N3O2. The first-order valence-corrected chi connectivity index (χ1v) is 7.79. The topological polar surface area (TPSA) is 56.7 Å². The molecule has 0 saturated carbocycles. The van der Waals surface area contributed by atoms with Gasteiger partial charge in [0.15, 0.2) is 0 Å². The number of hydrogen-bond donors (Lipinski definition) is 1. The SMILES string of the molecule is CN1CCN(Cc2cccc(-c3ccccn3)c2)CC1C(=O)O. The molecular weight excluding hydrogens is 290 g/mol. The molecule has 2 heterocycles. The maximum atomic E-state index is 11.3. The van der Waals surface area contributed by atoms with Crippen LogP contribution in [0.3, 0.4) is 0 Å². The highest BCUT2D eigenvalue weighted by molar-refractivity contribution is 5.73. The molecule has 1 atom stereocenters. The number of likely N-dealkylation sites (N-methyl/N-ethyl adjacent to an activating group) is 1. The number of pyridine rings is 1. The van der Waals surface area contributed by atoms with Crippen molar-refractivity contribution in [3.63, 3.8) is 0 Å². The van der Waals surface area contributed by atoms with Gasteiger partial charge in [-0.1, -0.05) is 24.3 Å². The first kappa shape index (κ1) is 15.6. The highest BCUT2D eigenvalue weighted by Crippen LogP contribution is 2.19. The Kier molecular flexibility index (Phi) is 4.69. The minimum Gasteiger partial charge on any atom is -0.480 e. The van der Waals surface area contributed by atoms with E-state index in [1.807, 2.05) is 36.2 Å². The van der Waals surface area contributed by atoms with Gasteiger partial charge in [0.05, 0.1) is 5.69 Å². The minimum absolute atomic E-state index is 0.428. The molecule has 1 saturated heterocycles. The average molecular weight is 311 g/mol. The van der Waals surface area contributed by atoms with E-state index in [0.717, 1.165) is 30.9 Å². The molecule has 5 heteroatoms. The van der Waals surface area contributed by atoms with Gasteiger partial charge in [-0.25, -0.2) is 0 Å². The van der Waals surface area contributed by atoms with Crippen LogP contribution in [-0.4, -0.2) is 58.6 Å². The van der Waals surface area contributed by atoms with Gasteiger partial charge in [-0.3, -0.25) is 19.6 Å². The maximum absolute atomic E-state index is 11.3. The molecule has 1 aliphatic heterocycles. The highest BCUT2D eigenvalue weighted by atomic mass is 16.4. The summed E-state index contributed by atoms with van der Waals surface area (Å²) >= 11 is 0. The third-order valence-corrected chi connectivity index (χ3v) is 4.31. The molecule has 120 valence electrons. The Labute approximate surface area is 136 Å². The summed E-state index contributed by atoms with van der Waals surface area (Å²) < 4.78 is 0. The third-order valence-electron chi connectivity index (χ3n) is 4.31. The molecule has 1 aromatic carbocycles. The largest absolute Gasteiger partial charge is 0.480 e. The first-order chi connectivity index (χ1) is 11.1. The van der Waals surface area contributed by atoms with E-state index in [2.05, 4.69) is 28.1 Å². The Morgan fingerprint density at radius 3 is 2.87 bits per heavy atom. The Hall–Kier alpha value is -2.24. The van der Waals surface area contributed by atoms with Gasteiger partial charge in [0.2, 0.25) is 0 Å². The summed E-state index contributed by atoms with van der Waals surface area (Å²) in [5.74, 6) is -0.751. The van der Waals surface area contributed by atoms with Gasteiger partial charge in [0.1, 0.15) is 6.04 Å². The fraction of sp³-hybridized carbons (Fsp3) is 0.333. The number of piperazine rings is 1. The zero-order valence-corrected chi connectivity index (χ0v) is 13.2. The molecule has 1 aromatic heterocycles. The normalized spacial score (nSPS) is 19.6. The second kappa shape index (κ2) is 6.89. The summed E-state index contributed by atoms with van der Waals surface area (Å²) in [6, 6.07) is 13.8. The highest BCUT2D eigenvalue weighted by Gasteiger charge is 2.29. The van der Waals surface area contributed by atoms with Crippen molar-refractivity contribution in [2.45, 2.75) is 12.6 Å². The van der Waals surface area contributed by atoms with Crippen LogP contribution in [0.2, 0.25) is 0 Å². The van der Waals surface area contributed by atoms with Crippen LogP contribution in [0.1, 0.15) is 5.56 Å². The van der Waals surface area contributed by atoms with Gasteiger partial charge in [-0.2, -0.15) is 0 Å². The molecule has 0 bridgehead atoms. The van der Waals surface area contributed by atoms with E-state index in [1.54, 1.807) is 6.20 Å². The van der Waals surface area contributed by atoms with Gasteiger partial charge in [0, 0.05) is 37.9 Å². The summed E-state index contributed by atoms with van der Waals surface area (Å²) in [6.45, 7) is 2.98. The van der Waals surface area contributed by atoms with Crippen molar-refractivity contribution in [1.29, 1.82) is 0 Å². The number of carboxylic acids is 1. The second-order valence-electron chi connectivity index (χ2n) is 5.99. The minimum atomic E-state index is -0.751. The van der Waals surface area contributed by atoms with Crippen LogP contribution in [0.4, 0.5) is 0 Å².